The molecule has 12 heteroatoms. The Morgan fingerprint density at radius 1 is 1.11 bits per heavy atom. The number of benzene rings is 2. The molecule has 0 radical (unpaired) electrons. The molecule has 0 saturated heterocycles. The predicted octanol–water partition coefficient (Wildman–Crippen LogP) is 4.09. The number of urea groups is 1. The molecule has 3 amide bonds. The highest BCUT2D eigenvalue weighted by atomic mass is 35.5. The van der Waals surface area contributed by atoms with E-state index in [4.69, 9.17) is 26.3 Å². The van der Waals surface area contributed by atoms with Gasteiger partial charge in [0, 0.05) is 31.4 Å². The first-order chi connectivity index (χ1) is 16.4. The van der Waals surface area contributed by atoms with Gasteiger partial charge in [-0.1, -0.05) is 23.7 Å². The molecular formula is C23H24ClF3N4O4. The maximum absolute atomic E-state index is 13.2. The number of rotatable bonds is 9. The molecule has 0 aromatic heterocycles. The summed E-state index contributed by atoms with van der Waals surface area (Å²) < 4.78 is 49.5. The highest BCUT2D eigenvalue weighted by Crippen LogP contribution is 2.33. The van der Waals surface area contributed by atoms with Crippen molar-refractivity contribution in [3.8, 4) is 6.07 Å². The first kappa shape index (κ1) is 27.9. The molecule has 0 aliphatic rings. The number of carbonyl (C=O) groups excluding carboxylic acids is 2. The van der Waals surface area contributed by atoms with Crippen molar-refractivity contribution in [2.24, 2.45) is 0 Å². The van der Waals surface area contributed by atoms with Crippen LogP contribution in [0.1, 0.15) is 23.6 Å². The maximum Gasteiger partial charge on any atom is 0.416 e. The molecule has 0 fully saturated rings. The number of nitriles is 1. The molecule has 0 heterocycles. The van der Waals surface area contributed by atoms with Gasteiger partial charge in [-0.15, -0.1) is 0 Å². The lowest BCUT2D eigenvalue weighted by Crippen LogP contribution is -2.59. The van der Waals surface area contributed by atoms with E-state index in [1.54, 1.807) is 24.3 Å². The van der Waals surface area contributed by atoms with E-state index in [2.05, 4.69) is 16.0 Å². The minimum absolute atomic E-state index is 0.0311. The van der Waals surface area contributed by atoms with Crippen LogP contribution >= 0.6 is 11.6 Å². The number of halogens is 4. The van der Waals surface area contributed by atoms with Gasteiger partial charge in [-0.3, -0.25) is 4.79 Å². The summed E-state index contributed by atoms with van der Waals surface area (Å²) in [6.45, 7) is 1.39. The van der Waals surface area contributed by atoms with Crippen molar-refractivity contribution in [3.05, 3.63) is 64.2 Å². The fourth-order valence-electron chi connectivity index (χ4n) is 3.11. The monoisotopic (exact) mass is 512 g/mol. The van der Waals surface area contributed by atoms with Crippen molar-refractivity contribution in [1.29, 1.82) is 5.26 Å². The van der Waals surface area contributed by atoms with Gasteiger partial charge < -0.3 is 25.4 Å². The van der Waals surface area contributed by atoms with Gasteiger partial charge in [-0.05, 0) is 42.8 Å². The van der Waals surface area contributed by atoms with Gasteiger partial charge in [0.15, 0.2) is 6.29 Å². The van der Waals surface area contributed by atoms with Crippen LogP contribution in [-0.4, -0.2) is 44.5 Å². The average Bonchev–Trinajstić information content (AvgIpc) is 2.79. The van der Waals surface area contributed by atoms with Crippen LogP contribution in [0.4, 0.5) is 23.7 Å². The van der Waals surface area contributed by atoms with Crippen LogP contribution in [0.5, 0.6) is 0 Å². The van der Waals surface area contributed by atoms with Crippen molar-refractivity contribution >= 4 is 29.2 Å². The van der Waals surface area contributed by atoms with Gasteiger partial charge in [-0.2, -0.15) is 18.4 Å². The largest absolute Gasteiger partial charge is 0.416 e. The summed E-state index contributed by atoms with van der Waals surface area (Å²) in [6, 6.07) is 10.2. The molecule has 188 valence electrons. The molecule has 2 aromatic rings. The highest BCUT2D eigenvalue weighted by Gasteiger charge is 2.36. The standard InChI is InChI=1S/C23H24ClF3N4O4/c1-22(11-14-4-6-15(12-28)7-5-14,31-21(33)29-13-19(34-2)35-3)20(32)30-18-9-16(23(25,26)27)8-17(24)10-18/h4-10,19H,11,13H2,1-3H3,(H,30,32)(H2,29,31,33). The molecule has 0 aliphatic heterocycles. The zero-order valence-electron chi connectivity index (χ0n) is 19.1. The molecule has 3 N–H and O–H groups in total. The number of ether oxygens (including phenoxy) is 2. The quantitative estimate of drug-likeness (QED) is 0.438. The zero-order valence-corrected chi connectivity index (χ0v) is 19.9. The maximum atomic E-state index is 13.2. The van der Waals surface area contributed by atoms with Crippen molar-refractivity contribution in [2.75, 3.05) is 26.1 Å². The average molecular weight is 513 g/mol. The third-order valence-corrected chi connectivity index (χ3v) is 5.19. The molecule has 35 heavy (non-hydrogen) atoms. The Labute approximate surface area is 205 Å². The van der Waals surface area contributed by atoms with Crippen LogP contribution < -0.4 is 16.0 Å². The van der Waals surface area contributed by atoms with Crippen molar-refractivity contribution in [2.45, 2.75) is 31.3 Å². The normalized spacial score (nSPS) is 13.0. The summed E-state index contributed by atoms with van der Waals surface area (Å²) in [7, 11) is 2.77. The molecule has 0 saturated carbocycles. The molecular weight excluding hydrogens is 489 g/mol. The number of hydrogen-bond donors (Lipinski definition) is 3. The number of nitrogens with zero attached hydrogens (tertiary/aromatic N) is 1. The molecule has 8 nitrogen and oxygen atoms in total. The van der Waals surface area contributed by atoms with Gasteiger partial charge in [0.05, 0.1) is 23.7 Å². The highest BCUT2D eigenvalue weighted by molar-refractivity contribution is 6.31. The number of hydrogen-bond acceptors (Lipinski definition) is 5. The first-order valence-corrected chi connectivity index (χ1v) is 10.6. The molecule has 1 unspecified atom stereocenters. The van der Waals surface area contributed by atoms with Gasteiger partial charge in [0.1, 0.15) is 5.54 Å². The summed E-state index contributed by atoms with van der Waals surface area (Å²) in [4.78, 5) is 25.8. The van der Waals surface area contributed by atoms with E-state index in [0.717, 1.165) is 12.1 Å². The van der Waals surface area contributed by atoms with E-state index in [1.807, 2.05) is 6.07 Å². The Morgan fingerprint density at radius 2 is 1.74 bits per heavy atom. The number of carbonyl (C=O) groups is 2. The molecule has 0 spiro atoms. The molecule has 0 aliphatic carbocycles. The summed E-state index contributed by atoms with van der Waals surface area (Å²) in [5, 5.41) is 16.2. The Morgan fingerprint density at radius 3 is 2.29 bits per heavy atom. The molecule has 1 atom stereocenters. The van der Waals surface area contributed by atoms with Crippen molar-refractivity contribution in [1.82, 2.24) is 10.6 Å². The lowest BCUT2D eigenvalue weighted by Gasteiger charge is -2.30. The minimum Gasteiger partial charge on any atom is -0.354 e. The van der Waals surface area contributed by atoms with Crippen LogP contribution in [-0.2, 0) is 26.9 Å². The second kappa shape index (κ2) is 11.9. The summed E-state index contributed by atoms with van der Waals surface area (Å²) in [5.41, 5.74) is -1.86. The number of nitrogens with one attached hydrogen (secondary N) is 3. The van der Waals surface area contributed by atoms with E-state index in [9.17, 15) is 22.8 Å². The van der Waals surface area contributed by atoms with E-state index in [1.165, 1.54) is 27.2 Å². The molecule has 2 rings (SSSR count). The van der Waals surface area contributed by atoms with E-state index in [-0.39, 0.29) is 23.7 Å². The second-order valence-corrected chi connectivity index (χ2v) is 8.17. The summed E-state index contributed by atoms with van der Waals surface area (Å²) >= 11 is 5.81. The number of methoxy groups -OCH3 is 2. The minimum atomic E-state index is -4.67. The Balaban J connectivity index is 2.31. The van der Waals surface area contributed by atoms with Crippen LogP contribution in [0, 0.1) is 11.3 Å². The number of anilines is 1. The van der Waals surface area contributed by atoms with E-state index < -0.39 is 35.5 Å². The van der Waals surface area contributed by atoms with Crippen LogP contribution in [0.15, 0.2) is 42.5 Å². The topological polar surface area (TPSA) is 112 Å². The van der Waals surface area contributed by atoms with E-state index >= 15 is 0 Å². The number of amides is 3. The van der Waals surface area contributed by atoms with E-state index in [0.29, 0.717) is 11.1 Å². The van der Waals surface area contributed by atoms with Crippen LogP contribution in [0.3, 0.4) is 0 Å². The third kappa shape index (κ3) is 8.13. The lowest BCUT2D eigenvalue weighted by atomic mass is 9.91. The van der Waals surface area contributed by atoms with Gasteiger partial charge in [0.25, 0.3) is 0 Å². The van der Waals surface area contributed by atoms with Crippen LogP contribution in [0.2, 0.25) is 5.02 Å². The second-order valence-electron chi connectivity index (χ2n) is 7.73. The van der Waals surface area contributed by atoms with Crippen LogP contribution in [0.25, 0.3) is 0 Å². The first-order valence-electron chi connectivity index (χ1n) is 10.2. The summed E-state index contributed by atoms with van der Waals surface area (Å²) in [6.07, 6.45) is -5.44. The fourth-order valence-corrected chi connectivity index (χ4v) is 3.35. The Hall–Kier alpha value is -3.33. The summed E-state index contributed by atoms with van der Waals surface area (Å²) in [5.74, 6) is -0.789. The third-order valence-electron chi connectivity index (χ3n) is 4.97. The van der Waals surface area contributed by atoms with Crippen molar-refractivity contribution < 1.29 is 32.2 Å². The lowest BCUT2D eigenvalue weighted by molar-refractivity contribution is -0.137. The fraction of sp³-hybridized carbons (Fsp3) is 0.348. The molecule has 0 bridgehead atoms. The predicted molar refractivity (Wildman–Crippen MR) is 123 cm³/mol. The SMILES string of the molecule is COC(CNC(=O)NC(C)(Cc1ccc(C#N)cc1)C(=O)Nc1cc(Cl)cc(C(F)(F)F)c1)OC. The zero-order chi connectivity index (χ0) is 26.2. The Kier molecular flexibility index (Phi) is 9.47. The van der Waals surface area contributed by atoms with Crippen molar-refractivity contribution in [3.63, 3.8) is 0 Å². The van der Waals surface area contributed by atoms with Gasteiger partial charge >= 0.3 is 12.2 Å². The molecule has 2 aromatic carbocycles. The smallest absolute Gasteiger partial charge is 0.354 e. The Bertz CT molecular complexity index is 1090. The van der Waals surface area contributed by atoms with Gasteiger partial charge in [0.2, 0.25) is 5.91 Å². The van der Waals surface area contributed by atoms with Gasteiger partial charge in [-0.25, -0.2) is 4.79 Å². The number of alkyl halides is 3.